The summed E-state index contributed by atoms with van der Waals surface area (Å²) >= 11 is 6.27. The van der Waals surface area contributed by atoms with Crippen molar-refractivity contribution >= 4 is 34.8 Å². The van der Waals surface area contributed by atoms with Gasteiger partial charge >= 0.3 is 0 Å². The minimum absolute atomic E-state index is 0.00220. The lowest BCUT2D eigenvalue weighted by molar-refractivity contribution is -0.126. The Morgan fingerprint density at radius 2 is 1.70 bits per heavy atom. The highest BCUT2D eigenvalue weighted by atomic mass is 35.5. The maximum Gasteiger partial charge on any atom is 0.232 e. The summed E-state index contributed by atoms with van der Waals surface area (Å²) < 4.78 is 11.8. The summed E-state index contributed by atoms with van der Waals surface area (Å²) in [6.45, 7) is 6.84. The predicted molar refractivity (Wildman–Crippen MR) is 183 cm³/mol. The third kappa shape index (κ3) is 7.78. The standard InChI is InChI=1S/C37H46ClN3O5/c1-23(2)46-34-20-32-28(18-33(34)45-5)19-35(43)41(36(32)26-10-12-29(38)13-11-26)31-16-14-30(15-17-31)40(4)22-25-6-8-27(9-7-25)37(44)39-21-24(3)42/h10-18,20,23-25,27,36,42H,6-9,19,21-22H2,1-5H3,(H,39,44)/t24-,25-,27-,36-/m0/s1. The summed E-state index contributed by atoms with van der Waals surface area (Å²) in [5.41, 5.74) is 4.76. The third-order valence-corrected chi connectivity index (χ3v) is 9.28. The molecule has 2 amide bonds. The van der Waals surface area contributed by atoms with Crippen molar-refractivity contribution in [3.8, 4) is 11.5 Å². The molecule has 2 aliphatic rings. The molecule has 0 saturated heterocycles. The number of nitrogens with zero attached hydrogens (tertiary/aromatic N) is 2. The van der Waals surface area contributed by atoms with Crippen molar-refractivity contribution in [2.24, 2.45) is 11.8 Å². The first-order chi connectivity index (χ1) is 22.0. The summed E-state index contributed by atoms with van der Waals surface area (Å²) in [4.78, 5) is 30.5. The van der Waals surface area contributed by atoms with Crippen LogP contribution in [-0.2, 0) is 16.0 Å². The molecule has 1 heterocycles. The lowest BCUT2D eigenvalue weighted by Crippen LogP contribution is -2.41. The molecule has 1 saturated carbocycles. The highest BCUT2D eigenvalue weighted by molar-refractivity contribution is 6.30. The van der Waals surface area contributed by atoms with Crippen LogP contribution in [0, 0.1) is 11.8 Å². The van der Waals surface area contributed by atoms with Crippen molar-refractivity contribution in [2.45, 2.75) is 71.1 Å². The van der Waals surface area contributed by atoms with E-state index in [0.717, 1.165) is 60.3 Å². The number of hydrogen-bond donors (Lipinski definition) is 2. The molecule has 0 spiro atoms. The molecule has 3 aromatic carbocycles. The van der Waals surface area contributed by atoms with E-state index >= 15 is 0 Å². The molecule has 8 nitrogen and oxygen atoms in total. The second kappa shape index (κ2) is 14.8. The van der Waals surface area contributed by atoms with Gasteiger partial charge < -0.3 is 29.7 Å². The molecule has 0 unspecified atom stereocenters. The number of nitrogens with one attached hydrogen (secondary N) is 1. The second-order valence-corrected chi connectivity index (χ2v) is 13.4. The Bertz CT molecular complexity index is 1500. The molecule has 0 radical (unpaired) electrons. The number of aliphatic hydroxyl groups is 1. The van der Waals surface area contributed by atoms with Crippen molar-refractivity contribution < 1.29 is 24.2 Å². The van der Waals surface area contributed by atoms with Crippen LogP contribution in [0.3, 0.4) is 0 Å². The Morgan fingerprint density at radius 1 is 1.02 bits per heavy atom. The third-order valence-electron chi connectivity index (χ3n) is 9.03. The molecular formula is C37H46ClN3O5. The van der Waals surface area contributed by atoms with Gasteiger partial charge in [0.15, 0.2) is 11.5 Å². The second-order valence-electron chi connectivity index (χ2n) is 13.0. The quantitative estimate of drug-likeness (QED) is 0.245. The maximum absolute atomic E-state index is 13.9. The summed E-state index contributed by atoms with van der Waals surface area (Å²) in [6, 6.07) is 19.4. The zero-order valence-corrected chi connectivity index (χ0v) is 28.2. The Morgan fingerprint density at radius 3 is 2.30 bits per heavy atom. The van der Waals surface area contributed by atoms with Crippen LogP contribution in [0.5, 0.6) is 11.5 Å². The van der Waals surface area contributed by atoms with E-state index in [9.17, 15) is 14.7 Å². The molecular weight excluding hydrogens is 602 g/mol. The number of carbonyl (C=O) groups excluding carboxylic acids is 2. The topological polar surface area (TPSA) is 91.3 Å². The first-order valence-electron chi connectivity index (χ1n) is 16.3. The predicted octanol–water partition coefficient (Wildman–Crippen LogP) is 6.55. The van der Waals surface area contributed by atoms with Gasteiger partial charge in [0.25, 0.3) is 0 Å². The lowest BCUT2D eigenvalue weighted by atomic mass is 9.81. The molecule has 46 heavy (non-hydrogen) atoms. The number of aliphatic hydroxyl groups excluding tert-OH is 1. The monoisotopic (exact) mass is 647 g/mol. The van der Waals surface area contributed by atoms with Gasteiger partial charge in [0.1, 0.15) is 0 Å². The summed E-state index contributed by atoms with van der Waals surface area (Å²) in [5, 5.41) is 13.0. The van der Waals surface area contributed by atoms with E-state index in [1.54, 1.807) is 14.0 Å². The van der Waals surface area contributed by atoms with Crippen LogP contribution >= 0.6 is 11.6 Å². The van der Waals surface area contributed by atoms with Crippen LogP contribution in [0.25, 0.3) is 0 Å². The van der Waals surface area contributed by atoms with Gasteiger partial charge in [-0.15, -0.1) is 0 Å². The lowest BCUT2D eigenvalue weighted by Gasteiger charge is -2.38. The first-order valence-corrected chi connectivity index (χ1v) is 16.6. The number of ether oxygens (including phenoxy) is 2. The van der Waals surface area contributed by atoms with Gasteiger partial charge in [0.2, 0.25) is 11.8 Å². The van der Waals surface area contributed by atoms with E-state index in [0.29, 0.717) is 29.0 Å². The van der Waals surface area contributed by atoms with Crippen molar-refractivity contribution in [3.05, 3.63) is 82.4 Å². The van der Waals surface area contributed by atoms with Crippen LogP contribution in [0.1, 0.15) is 69.2 Å². The van der Waals surface area contributed by atoms with Crippen molar-refractivity contribution in [1.82, 2.24) is 5.32 Å². The van der Waals surface area contributed by atoms with Gasteiger partial charge in [0, 0.05) is 42.5 Å². The van der Waals surface area contributed by atoms with Crippen LogP contribution in [0.15, 0.2) is 60.7 Å². The van der Waals surface area contributed by atoms with Crippen LogP contribution in [0.4, 0.5) is 11.4 Å². The van der Waals surface area contributed by atoms with E-state index in [1.165, 1.54) is 0 Å². The first kappa shape index (κ1) is 33.6. The number of rotatable bonds is 11. The number of anilines is 2. The van der Waals surface area contributed by atoms with E-state index in [2.05, 4.69) is 29.4 Å². The van der Waals surface area contributed by atoms with Gasteiger partial charge in [-0.25, -0.2) is 0 Å². The molecule has 246 valence electrons. The van der Waals surface area contributed by atoms with Gasteiger partial charge in [0.05, 0.1) is 31.8 Å². The minimum Gasteiger partial charge on any atom is -0.493 e. The molecule has 3 aromatic rings. The minimum atomic E-state index is -0.534. The van der Waals surface area contributed by atoms with Gasteiger partial charge in [-0.1, -0.05) is 23.7 Å². The number of halogens is 1. The Kier molecular flexibility index (Phi) is 10.8. The molecule has 2 N–H and O–H groups in total. The Hall–Kier alpha value is -3.75. The largest absolute Gasteiger partial charge is 0.493 e. The fraction of sp³-hybridized carbons (Fsp3) is 0.459. The number of hydrogen-bond acceptors (Lipinski definition) is 6. The maximum atomic E-state index is 13.9. The fourth-order valence-electron chi connectivity index (χ4n) is 6.69. The van der Waals surface area contributed by atoms with Crippen molar-refractivity contribution in [3.63, 3.8) is 0 Å². The highest BCUT2D eigenvalue weighted by Gasteiger charge is 2.36. The number of carbonyl (C=O) groups is 2. The highest BCUT2D eigenvalue weighted by Crippen LogP contribution is 2.44. The molecule has 9 heteroatoms. The molecule has 1 fully saturated rings. The van der Waals surface area contributed by atoms with Crippen molar-refractivity contribution in [2.75, 3.05) is 37.0 Å². The molecule has 2 atom stereocenters. The van der Waals surface area contributed by atoms with Gasteiger partial charge in [-0.05, 0) is 118 Å². The zero-order valence-electron chi connectivity index (χ0n) is 27.5. The van der Waals surface area contributed by atoms with Gasteiger partial charge in [-0.3, -0.25) is 9.59 Å². The fourth-order valence-corrected chi connectivity index (χ4v) is 6.82. The van der Waals surface area contributed by atoms with Crippen molar-refractivity contribution in [1.29, 1.82) is 0 Å². The molecule has 0 aromatic heterocycles. The molecule has 1 aliphatic heterocycles. The molecule has 1 aliphatic carbocycles. The van der Waals surface area contributed by atoms with Crippen LogP contribution in [-0.4, -0.2) is 56.4 Å². The Labute approximate surface area is 277 Å². The van der Waals surface area contributed by atoms with E-state index in [1.807, 2.05) is 67.3 Å². The van der Waals surface area contributed by atoms with E-state index in [-0.39, 0.29) is 36.3 Å². The van der Waals surface area contributed by atoms with Crippen LogP contribution < -0.4 is 24.6 Å². The number of fused-ring (bicyclic) bond motifs is 1. The average molecular weight is 648 g/mol. The van der Waals surface area contributed by atoms with E-state index in [4.69, 9.17) is 21.1 Å². The van der Waals surface area contributed by atoms with Crippen LogP contribution in [0.2, 0.25) is 5.02 Å². The summed E-state index contributed by atoms with van der Waals surface area (Å²) in [6.07, 6.45) is 3.39. The smallest absolute Gasteiger partial charge is 0.232 e. The van der Waals surface area contributed by atoms with Gasteiger partial charge in [-0.2, -0.15) is 0 Å². The molecule has 5 rings (SSSR count). The average Bonchev–Trinajstić information content (AvgIpc) is 3.03. The summed E-state index contributed by atoms with van der Waals surface area (Å²) in [7, 11) is 3.71. The SMILES string of the molecule is COc1cc2c(cc1OC(C)C)[C@H](c1ccc(Cl)cc1)N(c1ccc(N(C)C[C@H]3CC[C@H](C(=O)NC[C@H](C)O)CC3)cc1)C(=O)C2. The normalized spacial score (nSPS) is 20.2. The Balaban J connectivity index is 1.35. The number of amides is 2. The molecule has 0 bridgehead atoms. The number of methoxy groups -OCH3 is 1. The number of benzene rings is 3. The summed E-state index contributed by atoms with van der Waals surface area (Å²) in [5.74, 6) is 1.84. The van der Waals surface area contributed by atoms with E-state index < -0.39 is 6.10 Å². The zero-order chi connectivity index (χ0) is 33.0.